The van der Waals surface area contributed by atoms with E-state index in [4.69, 9.17) is 8.83 Å². The van der Waals surface area contributed by atoms with E-state index in [1.165, 1.54) is 12.1 Å². The zero-order chi connectivity index (χ0) is 30.2. The maximum Gasteiger partial charge on any atom is 0.416 e. The van der Waals surface area contributed by atoms with Crippen LogP contribution in [0.25, 0.3) is 21.9 Å². The topological polar surface area (TPSA) is 118 Å². The molecule has 0 aliphatic rings. The van der Waals surface area contributed by atoms with Crippen molar-refractivity contribution in [2.24, 2.45) is 0 Å². The summed E-state index contributed by atoms with van der Waals surface area (Å²) in [5.41, 5.74) is -3.21. The lowest BCUT2D eigenvalue weighted by molar-refractivity contribution is -0.597. The second-order valence-electron chi connectivity index (χ2n) is 8.16. The van der Waals surface area contributed by atoms with Gasteiger partial charge in [0.25, 0.3) is 0 Å². The van der Waals surface area contributed by atoms with Crippen molar-refractivity contribution in [2.75, 3.05) is 0 Å². The standard InChI is InChI=1S/C18H10IO4.C8H4F6O3S/c20-17-7-3-11-1-5-13(9-15(11)22-17)19-14-6-2-12-4-8-18(21)23-16(12)10-14;9-7(10,11)4-1-5(8(12,13)14)3-6(2-4)18(15,16)17/h1-10H;1-3H,(H,15,16,17)/q+1;/p-1. The molecule has 41 heavy (non-hydrogen) atoms. The zero-order valence-corrected chi connectivity index (χ0v) is 22.9. The van der Waals surface area contributed by atoms with Gasteiger partial charge in [-0.15, -0.1) is 0 Å². The number of benzene rings is 3. The molecule has 0 fully saturated rings. The molecule has 0 saturated heterocycles. The first-order valence-electron chi connectivity index (χ1n) is 11.0. The second-order valence-corrected chi connectivity index (χ2v) is 12.6. The minimum absolute atomic E-state index is 0.141. The number of rotatable bonds is 3. The van der Waals surface area contributed by atoms with E-state index in [-0.39, 0.29) is 29.5 Å². The SMILES string of the molecule is O=S(=O)([O-])c1cc(C(F)(F)F)cc(C(F)(F)F)c1.O=c1ccc2ccc([I+]c3ccc4ccc(=O)oc4c3)cc2o1. The van der Waals surface area contributed by atoms with Crippen LogP contribution in [0, 0.1) is 7.14 Å². The van der Waals surface area contributed by atoms with Crippen molar-refractivity contribution in [3.8, 4) is 0 Å². The van der Waals surface area contributed by atoms with Crippen molar-refractivity contribution < 1.29 is 69.4 Å². The Morgan fingerprint density at radius 1 is 0.610 bits per heavy atom. The van der Waals surface area contributed by atoms with E-state index < -0.39 is 59.7 Å². The average Bonchev–Trinajstić information content (AvgIpc) is 2.87. The Morgan fingerprint density at radius 3 is 1.37 bits per heavy atom. The summed E-state index contributed by atoms with van der Waals surface area (Å²) in [6.45, 7) is 0. The van der Waals surface area contributed by atoms with Gasteiger partial charge in [0.1, 0.15) is 21.3 Å². The van der Waals surface area contributed by atoms with E-state index in [0.29, 0.717) is 11.2 Å². The van der Waals surface area contributed by atoms with Crippen LogP contribution in [0.3, 0.4) is 0 Å². The molecule has 2 aromatic heterocycles. The molecule has 7 nitrogen and oxygen atoms in total. The van der Waals surface area contributed by atoms with Gasteiger partial charge < -0.3 is 13.4 Å². The lowest BCUT2D eigenvalue weighted by Crippen LogP contribution is -3.61. The van der Waals surface area contributed by atoms with Crippen molar-refractivity contribution in [3.05, 3.63) is 118 Å². The molecule has 5 rings (SSSR count). The van der Waals surface area contributed by atoms with Gasteiger partial charge in [-0.25, -0.2) is 18.0 Å². The minimum Gasteiger partial charge on any atom is -0.744 e. The van der Waals surface area contributed by atoms with E-state index in [2.05, 4.69) is 0 Å². The summed E-state index contributed by atoms with van der Waals surface area (Å²) >= 11 is -0.465. The third kappa shape index (κ3) is 7.74. The summed E-state index contributed by atoms with van der Waals surface area (Å²) in [6, 6.07) is 17.6. The summed E-state index contributed by atoms with van der Waals surface area (Å²) in [5.74, 6) is 0. The first kappa shape index (κ1) is 30.3. The number of fused-ring (bicyclic) bond motifs is 2. The Hall–Kier alpha value is -3.70. The normalized spacial score (nSPS) is 12.3. The Kier molecular flexibility index (Phi) is 8.33. The van der Waals surface area contributed by atoms with Gasteiger partial charge >= 0.3 is 44.8 Å². The van der Waals surface area contributed by atoms with Crippen LogP contribution in [-0.2, 0) is 22.5 Å². The van der Waals surface area contributed by atoms with Gasteiger partial charge in [0.15, 0.2) is 7.14 Å². The Morgan fingerprint density at radius 2 is 1.00 bits per heavy atom. The monoisotopic (exact) mass is 710 g/mol. The van der Waals surface area contributed by atoms with Crippen LogP contribution in [0.2, 0.25) is 0 Å². The van der Waals surface area contributed by atoms with Crippen LogP contribution < -0.4 is 32.5 Å². The fourth-order valence-corrected chi connectivity index (χ4v) is 6.24. The van der Waals surface area contributed by atoms with Gasteiger partial charge in [-0.05, 0) is 54.6 Å². The number of hydrogen-bond donors (Lipinski definition) is 0. The molecule has 0 radical (unpaired) electrons. The molecule has 0 spiro atoms. The maximum absolute atomic E-state index is 12.3. The predicted molar refractivity (Wildman–Crippen MR) is 127 cm³/mol. The Labute approximate surface area is 236 Å². The minimum atomic E-state index is -5.42. The van der Waals surface area contributed by atoms with Crippen molar-refractivity contribution >= 4 is 32.1 Å². The highest BCUT2D eigenvalue weighted by atomic mass is 127. The quantitative estimate of drug-likeness (QED) is 0.122. The number of hydrogen-bond acceptors (Lipinski definition) is 7. The highest BCUT2D eigenvalue weighted by molar-refractivity contribution is 7.85. The van der Waals surface area contributed by atoms with Crippen LogP contribution in [0.5, 0.6) is 0 Å². The van der Waals surface area contributed by atoms with Crippen LogP contribution in [-0.4, -0.2) is 13.0 Å². The van der Waals surface area contributed by atoms with Crippen molar-refractivity contribution in [3.63, 3.8) is 0 Å². The molecule has 0 bridgehead atoms. The van der Waals surface area contributed by atoms with Gasteiger partial charge in [-0.1, -0.05) is 0 Å². The fraction of sp³-hybridized carbons (Fsp3) is 0.0769. The molecule has 0 N–H and O–H groups in total. The molecule has 0 amide bonds. The number of alkyl halides is 6. The third-order valence-electron chi connectivity index (χ3n) is 5.24. The molecule has 0 aliphatic heterocycles. The van der Waals surface area contributed by atoms with Crippen LogP contribution >= 0.6 is 0 Å². The molecule has 0 atom stereocenters. The van der Waals surface area contributed by atoms with E-state index >= 15 is 0 Å². The van der Waals surface area contributed by atoms with Gasteiger partial charge in [-0.3, -0.25) is 0 Å². The molecule has 0 aliphatic carbocycles. The first-order valence-corrected chi connectivity index (χ1v) is 14.5. The molecule has 0 saturated carbocycles. The van der Waals surface area contributed by atoms with E-state index in [1.807, 2.05) is 36.4 Å². The molecule has 2 heterocycles. The first-order chi connectivity index (χ1) is 19.0. The average molecular weight is 710 g/mol. The van der Waals surface area contributed by atoms with E-state index in [9.17, 15) is 48.9 Å². The van der Waals surface area contributed by atoms with Crippen LogP contribution in [0.1, 0.15) is 11.1 Å². The lowest BCUT2D eigenvalue weighted by Gasteiger charge is -2.15. The van der Waals surface area contributed by atoms with Crippen molar-refractivity contribution in [2.45, 2.75) is 17.2 Å². The molecule has 15 heteroatoms. The largest absolute Gasteiger partial charge is 0.744 e. The smallest absolute Gasteiger partial charge is 0.416 e. The summed E-state index contributed by atoms with van der Waals surface area (Å²) < 4.78 is 118. The lowest BCUT2D eigenvalue weighted by atomic mass is 10.1. The number of halogens is 7. The van der Waals surface area contributed by atoms with Crippen LogP contribution in [0.15, 0.2) is 102 Å². The van der Waals surface area contributed by atoms with Gasteiger partial charge in [0.05, 0.1) is 16.0 Å². The van der Waals surface area contributed by atoms with Gasteiger partial charge in [-0.2, -0.15) is 26.3 Å². The Balaban J connectivity index is 0.000000196. The fourth-order valence-electron chi connectivity index (χ4n) is 3.38. The maximum atomic E-state index is 12.3. The molecular weight excluding hydrogens is 697 g/mol. The van der Waals surface area contributed by atoms with E-state index in [1.54, 1.807) is 12.1 Å². The highest BCUT2D eigenvalue weighted by Gasteiger charge is 2.37. The van der Waals surface area contributed by atoms with Gasteiger partial charge in [0, 0.05) is 35.0 Å². The predicted octanol–water partition coefficient (Wildman–Crippen LogP) is 2.66. The summed E-state index contributed by atoms with van der Waals surface area (Å²) in [4.78, 5) is 21.1. The van der Waals surface area contributed by atoms with Crippen molar-refractivity contribution in [1.29, 1.82) is 0 Å². The molecule has 0 unspecified atom stereocenters. The summed E-state index contributed by atoms with van der Waals surface area (Å²) in [7, 11) is -5.42. The zero-order valence-electron chi connectivity index (χ0n) is 19.9. The summed E-state index contributed by atoms with van der Waals surface area (Å²) in [5, 5.41) is 1.81. The molecular formula is C26H13F6IO7S. The van der Waals surface area contributed by atoms with E-state index in [0.717, 1.165) is 17.9 Å². The van der Waals surface area contributed by atoms with Crippen molar-refractivity contribution in [1.82, 2.24) is 0 Å². The molecule has 5 aromatic rings. The second kappa shape index (κ2) is 11.3. The molecule has 3 aromatic carbocycles. The third-order valence-corrected chi connectivity index (χ3v) is 8.64. The summed E-state index contributed by atoms with van der Waals surface area (Å²) in [6.07, 6.45) is -10.4. The van der Waals surface area contributed by atoms with Crippen LogP contribution in [0.4, 0.5) is 26.3 Å². The highest BCUT2D eigenvalue weighted by Crippen LogP contribution is 2.37. The Bertz CT molecular complexity index is 1860. The van der Waals surface area contributed by atoms with Gasteiger partial charge in [0.2, 0.25) is 0 Å². The molecule has 214 valence electrons.